The molecule has 0 N–H and O–H groups in total. The van der Waals surface area contributed by atoms with Gasteiger partial charge in [-0.3, -0.25) is 14.4 Å². The monoisotopic (exact) mass is 372 g/mol. The lowest BCUT2D eigenvalue weighted by molar-refractivity contribution is 0.0802. The minimum Gasteiger partial charge on any atom is -0.294 e. The maximum absolute atomic E-state index is 13.2. The SMILES string of the molecule is O=C(CC(c1ccccc1)C1C(=O)c2ccccc2C1=O)c1ccc(F)cc1. The minimum absolute atomic E-state index is 0.00815. The third-order valence-electron chi connectivity index (χ3n) is 5.22. The van der Waals surface area contributed by atoms with Crippen molar-refractivity contribution in [2.45, 2.75) is 12.3 Å². The van der Waals surface area contributed by atoms with E-state index in [9.17, 15) is 18.8 Å². The van der Waals surface area contributed by atoms with E-state index in [-0.39, 0.29) is 23.8 Å². The molecule has 0 bridgehead atoms. The lowest BCUT2D eigenvalue weighted by Crippen LogP contribution is -2.26. The molecule has 0 aromatic heterocycles. The minimum atomic E-state index is -0.927. The quantitative estimate of drug-likeness (QED) is 0.474. The van der Waals surface area contributed by atoms with Gasteiger partial charge in [-0.1, -0.05) is 54.6 Å². The summed E-state index contributed by atoms with van der Waals surface area (Å²) in [7, 11) is 0. The highest BCUT2D eigenvalue weighted by atomic mass is 19.1. The van der Waals surface area contributed by atoms with Crippen molar-refractivity contribution in [3.05, 3.63) is 107 Å². The van der Waals surface area contributed by atoms with Crippen LogP contribution in [0.4, 0.5) is 4.39 Å². The van der Waals surface area contributed by atoms with Gasteiger partial charge in [0.15, 0.2) is 17.3 Å². The van der Waals surface area contributed by atoms with Gasteiger partial charge in [0.1, 0.15) is 5.82 Å². The van der Waals surface area contributed by atoms with Crippen molar-refractivity contribution in [1.82, 2.24) is 0 Å². The van der Waals surface area contributed by atoms with Crippen LogP contribution in [0.5, 0.6) is 0 Å². The number of carbonyl (C=O) groups excluding carboxylic acids is 3. The molecule has 0 spiro atoms. The van der Waals surface area contributed by atoms with Crippen LogP contribution < -0.4 is 0 Å². The summed E-state index contributed by atoms with van der Waals surface area (Å²) in [6.45, 7) is 0. The summed E-state index contributed by atoms with van der Waals surface area (Å²) in [5.41, 5.74) is 1.94. The zero-order chi connectivity index (χ0) is 19.7. The first-order chi connectivity index (χ1) is 13.6. The zero-order valence-corrected chi connectivity index (χ0v) is 15.0. The second-order valence-corrected chi connectivity index (χ2v) is 6.90. The Bertz CT molecular complexity index is 1020. The van der Waals surface area contributed by atoms with Crippen LogP contribution in [-0.2, 0) is 0 Å². The first-order valence-corrected chi connectivity index (χ1v) is 9.07. The highest BCUT2D eigenvalue weighted by Gasteiger charge is 2.44. The molecule has 1 aliphatic carbocycles. The molecule has 0 radical (unpaired) electrons. The number of hydrogen-bond acceptors (Lipinski definition) is 3. The average Bonchev–Trinajstić information content (AvgIpc) is 2.98. The number of rotatable bonds is 5. The van der Waals surface area contributed by atoms with Gasteiger partial charge in [-0.25, -0.2) is 4.39 Å². The van der Waals surface area contributed by atoms with E-state index in [1.54, 1.807) is 24.3 Å². The third-order valence-corrected chi connectivity index (χ3v) is 5.22. The Labute approximate surface area is 161 Å². The molecular weight excluding hydrogens is 355 g/mol. The van der Waals surface area contributed by atoms with Crippen molar-refractivity contribution in [3.8, 4) is 0 Å². The summed E-state index contributed by atoms with van der Waals surface area (Å²) in [6.07, 6.45) is -0.00815. The first-order valence-electron chi connectivity index (χ1n) is 9.07. The van der Waals surface area contributed by atoms with Crippen LogP contribution >= 0.6 is 0 Å². The van der Waals surface area contributed by atoms with Gasteiger partial charge in [0.2, 0.25) is 0 Å². The van der Waals surface area contributed by atoms with Crippen molar-refractivity contribution in [2.75, 3.05) is 0 Å². The summed E-state index contributed by atoms with van der Waals surface area (Å²) in [4.78, 5) is 38.8. The van der Waals surface area contributed by atoms with Gasteiger partial charge >= 0.3 is 0 Å². The molecule has 0 heterocycles. The van der Waals surface area contributed by atoms with Crippen LogP contribution in [0.25, 0.3) is 0 Å². The number of halogens is 1. The van der Waals surface area contributed by atoms with Crippen LogP contribution in [0.2, 0.25) is 0 Å². The van der Waals surface area contributed by atoms with E-state index in [2.05, 4.69) is 0 Å². The van der Waals surface area contributed by atoms with Gasteiger partial charge in [0.05, 0.1) is 5.92 Å². The Kier molecular flexibility index (Phi) is 4.70. The van der Waals surface area contributed by atoms with Crippen LogP contribution in [-0.4, -0.2) is 17.3 Å². The molecule has 138 valence electrons. The zero-order valence-electron chi connectivity index (χ0n) is 15.0. The molecular formula is C24H17FO3. The van der Waals surface area contributed by atoms with Crippen molar-refractivity contribution < 1.29 is 18.8 Å². The fourth-order valence-corrected chi connectivity index (χ4v) is 3.81. The van der Waals surface area contributed by atoms with E-state index in [1.807, 2.05) is 30.3 Å². The normalized spacial score (nSPS) is 14.8. The van der Waals surface area contributed by atoms with Gasteiger partial charge in [0.25, 0.3) is 0 Å². The smallest absolute Gasteiger partial charge is 0.175 e. The lowest BCUT2D eigenvalue weighted by Gasteiger charge is -2.21. The first kappa shape index (κ1) is 18.0. The predicted octanol–water partition coefficient (Wildman–Crippen LogP) is 4.88. The Morgan fingerprint density at radius 1 is 0.786 bits per heavy atom. The van der Waals surface area contributed by atoms with Crippen molar-refractivity contribution in [1.29, 1.82) is 0 Å². The second-order valence-electron chi connectivity index (χ2n) is 6.90. The maximum Gasteiger partial charge on any atom is 0.175 e. The topological polar surface area (TPSA) is 51.2 Å². The van der Waals surface area contributed by atoms with Gasteiger partial charge in [0, 0.05) is 29.0 Å². The molecule has 1 aliphatic rings. The van der Waals surface area contributed by atoms with E-state index in [0.717, 1.165) is 5.56 Å². The largest absolute Gasteiger partial charge is 0.294 e. The number of hydrogen-bond donors (Lipinski definition) is 0. The molecule has 4 rings (SSSR count). The fourth-order valence-electron chi connectivity index (χ4n) is 3.81. The van der Waals surface area contributed by atoms with E-state index in [1.165, 1.54) is 24.3 Å². The van der Waals surface area contributed by atoms with Crippen LogP contribution in [0.1, 0.15) is 49.0 Å². The molecule has 0 saturated heterocycles. The molecule has 28 heavy (non-hydrogen) atoms. The Morgan fingerprint density at radius 3 is 1.89 bits per heavy atom. The van der Waals surface area contributed by atoms with Gasteiger partial charge in [-0.15, -0.1) is 0 Å². The van der Waals surface area contributed by atoms with Gasteiger partial charge in [-0.05, 0) is 29.8 Å². The van der Waals surface area contributed by atoms with E-state index >= 15 is 0 Å². The highest BCUT2D eigenvalue weighted by Crippen LogP contribution is 2.39. The third kappa shape index (κ3) is 3.18. The van der Waals surface area contributed by atoms with Gasteiger partial charge in [-0.2, -0.15) is 0 Å². The molecule has 1 unspecified atom stereocenters. The Balaban J connectivity index is 1.71. The van der Waals surface area contributed by atoms with Crippen LogP contribution in [0, 0.1) is 11.7 Å². The van der Waals surface area contributed by atoms with E-state index < -0.39 is 17.7 Å². The molecule has 3 nitrogen and oxygen atoms in total. The van der Waals surface area contributed by atoms with Crippen molar-refractivity contribution in [3.63, 3.8) is 0 Å². The molecule has 0 aliphatic heterocycles. The molecule has 3 aromatic carbocycles. The Morgan fingerprint density at radius 2 is 1.32 bits per heavy atom. The van der Waals surface area contributed by atoms with E-state index in [4.69, 9.17) is 0 Å². The number of Topliss-reactive ketones (excluding diaryl/α,β-unsaturated/α-hetero) is 3. The van der Waals surface area contributed by atoms with Crippen molar-refractivity contribution >= 4 is 17.3 Å². The Hall–Kier alpha value is -3.40. The van der Waals surface area contributed by atoms with E-state index in [0.29, 0.717) is 16.7 Å². The number of fused-ring (bicyclic) bond motifs is 1. The van der Waals surface area contributed by atoms with Gasteiger partial charge < -0.3 is 0 Å². The predicted molar refractivity (Wildman–Crippen MR) is 103 cm³/mol. The molecule has 0 amide bonds. The average molecular weight is 372 g/mol. The molecule has 1 atom stereocenters. The number of benzene rings is 3. The van der Waals surface area contributed by atoms with Crippen LogP contribution in [0.15, 0.2) is 78.9 Å². The fraction of sp³-hybridized carbons (Fsp3) is 0.125. The summed E-state index contributed by atoms with van der Waals surface area (Å²) < 4.78 is 13.2. The summed E-state index contributed by atoms with van der Waals surface area (Å²) in [5, 5.41) is 0. The standard InChI is InChI=1S/C24H17FO3/c25-17-12-10-16(11-13-17)21(26)14-20(15-6-2-1-3-7-15)22-23(27)18-8-4-5-9-19(18)24(22)28/h1-13,20,22H,14H2. The highest BCUT2D eigenvalue weighted by molar-refractivity contribution is 6.27. The summed E-state index contributed by atoms with van der Waals surface area (Å²) >= 11 is 0. The molecule has 0 fully saturated rings. The molecule has 0 saturated carbocycles. The lowest BCUT2D eigenvalue weighted by atomic mass is 9.79. The summed E-state index contributed by atoms with van der Waals surface area (Å²) in [5.74, 6) is -2.66. The summed E-state index contributed by atoms with van der Waals surface area (Å²) in [6, 6.07) is 21.2. The molecule has 3 aromatic rings. The van der Waals surface area contributed by atoms with Crippen molar-refractivity contribution in [2.24, 2.45) is 5.92 Å². The number of carbonyl (C=O) groups is 3. The number of ketones is 3. The molecule has 4 heteroatoms. The second kappa shape index (κ2) is 7.31. The maximum atomic E-state index is 13.2. The van der Waals surface area contributed by atoms with Crippen LogP contribution in [0.3, 0.4) is 0 Å².